The maximum Gasteiger partial charge on any atom is 0.221 e. The fourth-order valence-electron chi connectivity index (χ4n) is 3.41. The van der Waals surface area contributed by atoms with Crippen LogP contribution in [0.2, 0.25) is 0 Å². The molecule has 0 spiro atoms. The molecule has 0 radical (unpaired) electrons. The minimum absolute atomic E-state index is 0.114. The summed E-state index contributed by atoms with van der Waals surface area (Å²) in [5, 5.41) is 2.67. The van der Waals surface area contributed by atoms with Crippen molar-refractivity contribution in [1.29, 1.82) is 0 Å². The highest BCUT2D eigenvalue weighted by Crippen LogP contribution is 2.50. The molecule has 1 fully saturated rings. The van der Waals surface area contributed by atoms with E-state index in [1.807, 2.05) is 7.11 Å². The zero-order valence-corrected chi connectivity index (χ0v) is 12.5. The molecule has 0 unspecified atom stereocenters. The standard InChI is InChI=1S/C14H28N2O2/c1-6-14(7-2)11(10-12(14)18-5)16(4)9-8-13(17)15-3/h11-12H,6-10H2,1-5H3,(H,15,17)/t11-,12+/m0/s1. The average Bonchev–Trinajstić information content (AvgIpc) is 2.37. The van der Waals surface area contributed by atoms with Crippen LogP contribution >= 0.6 is 0 Å². The van der Waals surface area contributed by atoms with Crippen LogP contribution in [0.25, 0.3) is 0 Å². The molecule has 4 heteroatoms. The molecule has 2 atom stereocenters. The lowest BCUT2D eigenvalue weighted by Crippen LogP contribution is -2.63. The van der Waals surface area contributed by atoms with E-state index in [0.29, 0.717) is 18.6 Å². The summed E-state index contributed by atoms with van der Waals surface area (Å²) in [5.74, 6) is 0.114. The largest absolute Gasteiger partial charge is 0.381 e. The van der Waals surface area contributed by atoms with Gasteiger partial charge in [0.2, 0.25) is 5.91 Å². The Hall–Kier alpha value is -0.610. The Morgan fingerprint density at radius 2 is 2.06 bits per heavy atom. The van der Waals surface area contributed by atoms with Gasteiger partial charge in [-0.2, -0.15) is 0 Å². The molecule has 1 amide bonds. The van der Waals surface area contributed by atoms with Gasteiger partial charge in [0.1, 0.15) is 0 Å². The molecule has 0 heterocycles. The normalized spacial score (nSPS) is 25.9. The Morgan fingerprint density at radius 1 is 1.44 bits per heavy atom. The molecule has 0 aromatic heterocycles. The molecule has 18 heavy (non-hydrogen) atoms. The Morgan fingerprint density at radius 3 is 2.50 bits per heavy atom. The van der Waals surface area contributed by atoms with Crippen LogP contribution in [-0.4, -0.2) is 50.7 Å². The predicted molar refractivity (Wildman–Crippen MR) is 73.5 cm³/mol. The predicted octanol–water partition coefficient (Wildman–Crippen LogP) is 1.65. The molecule has 0 saturated heterocycles. The van der Waals surface area contributed by atoms with Crippen molar-refractivity contribution in [2.24, 2.45) is 5.41 Å². The van der Waals surface area contributed by atoms with Crippen molar-refractivity contribution >= 4 is 5.91 Å². The molecule has 1 aliphatic rings. The summed E-state index contributed by atoms with van der Waals surface area (Å²) in [6, 6.07) is 0.544. The van der Waals surface area contributed by atoms with Crippen molar-refractivity contribution in [3.05, 3.63) is 0 Å². The average molecular weight is 256 g/mol. The molecule has 0 aromatic rings. The molecule has 1 N–H and O–H groups in total. The van der Waals surface area contributed by atoms with E-state index in [0.717, 1.165) is 25.8 Å². The Kier molecular flexibility index (Phi) is 5.60. The van der Waals surface area contributed by atoms with Crippen molar-refractivity contribution in [3.8, 4) is 0 Å². The highest BCUT2D eigenvalue weighted by Gasteiger charge is 2.54. The van der Waals surface area contributed by atoms with Crippen LogP contribution in [0.4, 0.5) is 0 Å². The number of carbonyl (C=O) groups is 1. The summed E-state index contributed by atoms with van der Waals surface area (Å²) < 4.78 is 5.61. The van der Waals surface area contributed by atoms with Crippen LogP contribution in [0.1, 0.15) is 39.5 Å². The highest BCUT2D eigenvalue weighted by atomic mass is 16.5. The third-order valence-corrected chi connectivity index (χ3v) is 4.85. The van der Waals surface area contributed by atoms with Crippen LogP contribution in [-0.2, 0) is 9.53 Å². The van der Waals surface area contributed by atoms with Gasteiger partial charge in [0.15, 0.2) is 0 Å². The van der Waals surface area contributed by atoms with Gasteiger partial charge in [-0.15, -0.1) is 0 Å². The SMILES string of the molecule is CCC1(CC)[C@@H](N(C)CCC(=O)NC)C[C@H]1OC. The molecule has 0 aromatic carbocycles. The maximum absolute atomic E-state index is 11.3. The lowest BCUT2D eigenvalue weighted by atomic mass is 9.58. The van der Waals surface area contributed by atoms with Gasteiger partial charge in [0.05, 0.1) is 6.10 Å². The molecular formula is C14H28N2O2. The van der Waals surface area contributed by atoms with E-state index in [1.165, 1.54) is 0 Å². The third kappa shape index (κ3) is 2.69. The van der Waals surface area contributed by atoms with Gasteiger partial charge < -0.3 is 15.0 Å². The lowest BCUT2D eigenvalue weighted by Gasteiger charge is -2.58. The van der Waals surface area contributed by atoms with Crippen molar-refractivity contribution in [3.63, 3.8) is 0 Å². The quantitative estimate of drug-likeness (QED) is 0.753. The van der Waals surface area contributed by atoms with Gasteiger partial charge >= 0.3 is 0 Å². The van der Waals surface area contributed by atoms with E-state index in [2.05, 4.69) is 31.1 Å². The lowest BCUT2D eigenvalue weighted by molar-refractivity contribution is -0.157. The maximum atomic E-state index is 11.3. The van der Waals surface area contributed by atoms with Crippen molar-refractivity contribution in [2.75, 3.05) is 27.7 Å². The van der Waals surface area contributed by atoms with Crippen LogP contribution in [0.5, 0.6) is 0 Å². The first kappa shape index (κ1) is 15.4. The Labute approximate surface area is 111 Å². The monoisotopic (exact) mass is 256 g/mol. The summed E-state index contributed by atoms with van der Waals surface area (Å²) in [6.45, 7) is 5.31. The zero-order valence-electron chi connectivity index (χ0n) is 12.5. The minimum atomic E-state index is 0.114. The van der Waals surface area contributed by atoms with Crippen molar-refractivity contribution < 1.29 is 9.53 Å². The number of hydrogen-bond donors (Lipinski definition) is 1. The Balaban J connectivity index is 2.58. The Bertz CT molecular complexity index is 277. The third-order valence-electron chi connectivity index (χ3n) is 4.85. The number of hydrogen-bond acceptors (Lipinski definition) is 3. The number of ether oxygens (including phenoxy) is 1. The van der Waals surface area contributed by atoms with Crippen LogP contribution in [0, 0.1) is 5.41 Å². The molecule has 1 rings (SSSR count). The van der Waals surface area contributed by atoms with Gasteiger partial charge in [-0.3, -0.25) is 4.79 Å². The van der Waals surface area contributed by atoms with Gasteiger partial charge in [0, 0.05) is 38.6 Å². The molecular weight excluding hydrogens is 228 g/mol. The second-order valence-corrected chi connectivity index (χ2v) is 5.32. The summed E-state index contributed by atoms with van der Waals surface area (Å²) in [4.78, 5) is 13.6. The summed E-state index contributed by atoms with van der Waals surface area (Å²) in [5.41, 5.74) is 0.270. The highest BCUT2D eigenvalue weighted by molar-refractivity contribution is 5.75. The first-order chi connectivity index (χ1) is 8.55. The number of nitrogens with one attached hydrogen (secondary N) is 1. The fraction of sp³-hybridized carbons (Fsp3) is 0.929. The molecule has 106 valence electrons. The first-order valence-electron chi connectivity index (χ1n) is 6.99. The van der Waals surface area contributed by atoms with E-state index >= 15 is 0 Å². The number of rotatable bonds is 7. The van der Waals surface area contributed by atoms with Crippen molar-refractivity contribution in [2.45, 2.75) is 51.7 Å². The van der Waals surface area contributed by atoms with Gasteiger partial charge in [-0.05, 0) is 26.3 Å². The summed E-state index contributed by atoms with van der Waals surface area (Å²) >= 11 is 0. The van der Waals surface area contributed by atoms with E-state index in [1.54, 1.807) is 7.05 Å². The second kappa shape index (κ2) is 6.53. The molecule has 4 nitrogen and oxygen atoms in total. The molecule has 0 aliphatic heterocycles. The van der Waals surface area contributed by atoms with Crippen LogP contribution < -0.4 is 5.32 Å². The van der Waals surface area contributed by atoms with Crippen LogP contribution in [0.3, 0.4) is 0 Å². The van der Waals surface area contributed by atoms with E-state index in [-0.39, 0.29) is 11.3 Å². The van der Waals surface area contributed by atoms with Crippen molar-refractivity contribution in [1.82, 2.24) is 10.2 Å². The number of nitrogens with zero attached hydrogens (tertiary/aromatic N) is 1. The molecule has 1 aliphatic carbocycles. The molecule has 1 saturated carbocycles. The zero-order chi connectivity index (χ0) is 13.8. The molecule has 0 bridgehead atoms. The van der Waals surface area contributed by atoms with Gasteiger partial charge in [-0.1, -0.05) is 13.8 Å². The van der Waals surface area contributed by atoms with E-state index in [9.17, 15) is 4.79 Å². The number of carbonyl (C=O) groups excluding carboxylic acids is 1. The fourth-order valence-corrected chi connectivity index (χ4v) is 3.41. The van der Waals surface area contributed by atoms with Crippen LogP contribution in [0.15, 0.2) is 0 Å². The second-order valence-electron chi connectivity index (χ2n) is 5.32. The summed E-state index contributed by atoms with van der Waals surface area (Å²) in [6.07, 6.45) is 4.31. The topological polar surface area (TPSA) is 41.6 Å². The van der Waals surface area contributed by atoms with E-state index in [4.69, 9.17) is 4.74 Å². The van der Waals surface area contributed by atoms with E-state index < -0.39 is 0 Å². The number of methoxy groups -OCH3 is 1. The summed E-state index contributed by atoms with van der Waals surface area (Å²) in [7, 11) is 5.63. The minimum Gasteiger partial charge on any atom is -0.381 e. The smallest absolute Gasteiger partial charge is 0.221 e. The number of amides is 1. The van der Waals surface area contributed by atoms with Gasteiger partial charge in [-0.25, -0.2) is 0 Å². The van der Waals surface area contributed by atoms with Gasteiger partial charge in [0.25, 0.3) is 0 Å². The first-order valence-corrected chi connectivity index (χ1v) is 6.99.